The molecule has 0 aliphatic heterocycles. The van der Waals surface area contributed by atoms with Gasteiger partial charge in [0, 0.05) is 29.9 Å². The molecule has 0 saturated heterocycles. The maximum atomic E-state index is 9.98. The summed E-state index contributed by atoms with van der Waals surface area (Å²) < 4.78 is 2.15. The van der Waals surface area contributed by atoms with E-state index in [9.17, 15) is 10.2 Å². The number of fused-ring (bicyclic) bond motifs is 3. The van der Waals surface area contributed by atoms with E-state index in [1.165, 1.54) is 32.1 Å². The Kier molecular flexibility index (Phi) is 5.29. The van der Waals surface area contributed by atoms with Crippen molar-refractivity contribution in [1.82, 2.24) is 19.5 Å². The van der Waals surface area contributed by atoms with Gasteiger partial charge in [0.05, 0.1) is 17.6 Å². The normalized spacial score (nSPS) is 15.2. The summed E-state index contributed by atoms with van der Waals surface area (Å²) in [5, 5.41) is 20.4. The van der Waals surface area contributed by atoms with Crippen LogP contribution in [-0.2, 0) is 19.8 Å². The lowest BCUT2D eigenvalue weighted by atomic mass is 9.89. The minimum Gasteiger partial charge on any atom is -0.392 e. The number of aliphatic hydroxyl groups excluding tert-OH is 2. The van der Waals surface area contributed by atoms with Gasteiger partial charge in [0.2, 0.25) is 0 Å². The molecule has 0 bridgehead atoms. The second-order valence-electron chi connectivity index (χ2n) is 8.47. The fourth-order valence-corrected chi connectivity index (χ4v) is 4.81. The van der Waals surface area contributed by atoms with Crippen LogP contribution in [0.1, 0.15) is 43.5 Å². The molecule has 0 unspecified atom stereocenters. The van der Waals surface area contributed by atoms with Crippen molar-refractivity contribution in [1.29, 1.82) is 0 Å². The first-order valence-corrected chi connectivity index (χ1v) is 10.9. The van der Waals surface area contributed by atoms with E-state index in [1.54, 1.807) is 12.4 Å². The lowest BCUT2D eigenvalue weighted by molar-refractivity contribution is 0.255. The molecule has 4 aromatic rings. The molecule has 0 atom stereocenters. The van der Waals surface area contributed by atoms with Crippen molar-refractivity contribution < 1.29 is 10.2 Å². The van der Waals surface area contributed by atoms with Crippen molar-refractivity contribution in [2.45, 2.75) is 51.9 Å². The van der Waals surface area contributed by atoms with E-state index in [0.29, 0.717) is 23.1 Å². The maximum Gasteiger partial charge on any atom is 0.152 e. The highest BCUT2D eigenvalue weighted by Gasteiger charge is 2.21. The molecule has 0 amide bonds. The third kappa shape index (κ3) is 3.64. The summed E-state index contributed by atoms with van der Waals surface area (Å²) >= 11 is 0. The lowest BCUT2D eigenvalue weighted by Crippen LogP contribution is -2.16. The average Bonchev–Trinajstić information content (AvgIpc) is 3.18. The third-order valence-electron chi connectivity index (χ3n) is 6.40. The van der Waals surface area contributed by atoms with Gasteiger partial charge in [-0.2, -0.15) is 0 Å². The van der Waals surface area contributed by atoms with Crippen LogP contribution >= 0.6 is 0 Å². The molecule has 31 heavy (non-hydrogen) atoms. The summed E-state index contributed by atoms with van der Waals surface area (Å²) in [6, 6.07) is 8.01. The van der Waals surface area contributed by atoms with E-state index in [1.807, 2.05) is 24.3 Å². The zero-order chi connectivity index (χ0) is 21.4. The van der Waals surface area contributed by atoms with Gasteiger partial charge >= 0.3 is 0 Å². The fraction of sp³-hybridized carbons (Fsp3) is 0.375. The molecule has 3 heterocycles. The van der Waals surface area contributed by atoms with Crippen molar-refractivity contribution in [2.75, 3.05) is 5.73 Å². The highest BCUT2D eigenvalue weighted by Crippen LogP contribution is 2.34. The number of pyridine rings is 2. The first kappa shape index (κ1) is 19.9. The van der Waals surface area contributed by atoms with Crippen LogP contribution in [0, 0.1) is 5.92 Å². The molecule has 0 spiro atoms. The van der Waals surface area contributed by atoms with Crippen LogP contribution in [0.5, 0.6) is 0 Å². The molecule has 1 aromatic carbocycles. The summed E-state index contributed by atoms with van der Waals surface area (Å²) in [5.41, 5.74) is 11.3. The van der Waals surface area contributed by atoms with E-state index < -0.39 is 0 Å². The van der Waals surface area contributed by atoms with Crippen LogP contribution in [0.4, 0.5) is 5.82 Å². The van der Waals surface area contributed by atoms with Crippen LogP contribution in [0.25, 0.3) is 33.1 Å². The second-order valence-corrected chi connectivity index (χ2v) is 8.47. The number of imidazole rings is 1. The van der Waals surface area contributed by atoms with Crippen molar-refractivity contribution in [3.63, 3.8) is 0 Å². The summed E-state index contributed by atoms with van der Waals surface area (Å²) in [4.78, 5) is 13.5. The first-order chi connectivity index (χ1) is 15.2. The van der Waals surface area contributed by atoms with Crippen molar-refractivity contribution >= 4 is 27.8 Å². The summed E-state index contributed by atoms with van der Waals surface area (Å²) in [7, 11) is 0. The number of nitrogens with zero attached hydrogens (tertiary/aromatic N) is 4. The zero-order valence-corrected chi connectivity index (χ0v) is 17.5. The summed E-state index contributed by atoms with van der Waals surface area (Å²) in [5.74, 6) is 1.61. The molecule has 3 aromatic heterocycles. The summed E-state index contributed by atoms with van der Waals surface area (Å²) in [6.07, 6.45) is 9.69. The van der Waals surface area contributed by atoms with Gasteiger partial charge in [0.1, 0.15) is 17.9 Å². The van der Waals surface area contributed by atoms with Gasteiger partial charge in [-0.25, -0.2) is 9.97 Å². The number of rotatable bonds is 5. The van der Waals surface area contributed by atoms with Crippen LogP contribution in [0.3, 0.4) is 0 Å². The number of hydrogen-bond acceptors (Lipinski definition) is 6. The van der Waals surface area contributed by atoms with Crippen LogP contribution < -0.4 is 5.73 Å². The molecule has 4 N–H and O–H groups in total. The molecule has 7 heteroatoms. The Morgan fingerprint density at radius 2 is 1.81 bits per heavy atom. The number of benzene rings is 1. The highest BCUT2D eigenvalue weighted by atomic mass is 16.3. The second kappa shape index (κ2) is 8.24. The highest BCUT2D eigenvalue weighted by molar-refractivity contribution is 6.07. The predicted octanol–water partition coefficient (Wildman–Crippen LogP) is 3.79. The van der Waals surface area contributed by atoms with Gasteiger partial charge in [-0.15, -0.1) is 0 Å². The van der Waals surface area contributed by atoms with Gasteiger partial charge in [0.25, 0.3) is 0 Å². The van der Waals surface area contributed by atoms with E-state index in [4.69, 9.17) is 5.73 Å². The zero-order valence-electron chi connectivity index (χ0n) is 17.5. The SMILES string of the molecule is Nc1nc2cc(-c3cncc(CO)c3)ccc2c2c1nc(CO)n2CC1CCCCC1. The lowest BCUT2D eigenvalue weighted by Gasteiger charge is -2.23. The molecule has 160 valence electrons. The average molecular weight is 418 g/mol. The maximum absolute atomic E-state index is 9.98. The topological polar surface area (TPSA) is 110 Å². The van der Waals surface area contributed by atoms with E-state index >= 15 is 0 Å². The molecule has 0 radical (unpaired) electrons. The number of hydrogen-bond donors (Lipinski definition) is 3. The Morgan fingerprint density at radius 1 is 0.968 bits per heavy atom. The number of anilines is 1. The van der Waals surface area contributed by atoms with Gasteiger partial charge in [0.15, 0.2) is 5.82 Å². The molecular weight excluding hydrogens is 390 g/mol. The van der Waals surface area contributed by atoms with Crippen molar-refractivity contribution in [3.8, 4) is 11.1 Å². The molecule has 7 nitrogen and oxygen atoms in total. The Balaban J connectivity index is 1.66. The van der Waals surface area contributed by atoms with Crippen LogP contribution in [0.2, 0.25) is 0 Å². The standard InChI is InChI=1S/C24H27N5O2/c25-24-22-23(29(21(14-31)28-22)12-15-4-2-1-3-5-15)19-7-6-17(9-20(19)27-24)18-8-16(13-30)10-26-11-18/h6-11,15,30-31H,1-5,12-14H2,(H2,25,27). The van der Waals surface area contributed by atoms with Crippen molar-refractivity contribution in [3.05, 3.63) is 48.0 Å². The minimum absolute atomic E-state index is 0.0511. The molecule has 1 saturated carbocycles. The Bertz CT molecular complexity index is 1240. The quantitative estimate of drug-likeness (QED) is 0.456. The Labute approximate surface area is 180 Å². The van der Waals surface area contributed by atoms with Gasteiger partial charge in [-0.1, -0.05) is 31.4 Å². The first-order valence-electron chi connectivity index (χ1n) is 10.9. The van der Waals surface area contributed by atoms with Gasteiger partial charge in [-0.3, -0.25) is 4.98 Å². The third-order valence-corrected chi connectivity index (χ3v) is 6.40. The molecule has 5 rings (SSSR count). The van der Waals surface area contributed by atoms with E-state index in [0.717, 1.165) is 39.7 Å². The molecule has 1 aliphatic rings. The predicted molar refractivity (Wildman–Crippen MR) is 121 cm³/mol. The number of aromatic nitrogens is 4. The number of aliphatic hydroxyl groups is 2. The molecular formula is C24H27N5O2. The molecule has 1 fully saturated rings. The fourth-order valence-electron chi connectivity index (χ4n) is 4.81. The largest absolute Gasteiger partial charge is 0.392 e. The van der Waals surface area contributed by atoms with E-state index in [-0.39, 0.29) is 13.2 Å². The minimum atomic E-state index is -0.125. The van der Waals surface area contributed by atoms with Crippen LogP contribution in [0.15, 0.2) is 36.7 Å². The Hall–Kier alpha value is -3.03. The molecule has 1 aliphatic carbocycles. The van der Waals surface area contributed by atoms with Crippen LogP contribution in [-0.4, -0.2) is 29.7 Å². The Morgan fingerprint density at radius 3 is 2.58 bits per heavy atom. The number of nitrogen functional groups attached to an aromatic ring is 1. The summed E-state index contributed by atoms with van der Waals surface area (Å²) in [6.45, 7) is 0.666. The van der Waals surface area contributed by atoms with Crippen molar-refractivity contribution in [2.24, 2.45) is 5.92 Å². The monoisotopic (exact) mass is 417 g/mol. The van der Waals surface area contributed by atoms with Gasteiger partial charge < -0.3 is 20.5 Å². The smallest absolute Gasteiger partial charge is 0.152 e. The van der Waals surface area contributed by atoms with E-state index in [2.05, 4.69) is 19.5 Å². The van der Waals surface area contributed by atoms with Gasteiger partial charge in [-0.05, 0) is 42.0 Å². The number of nitrogens with two attached hydrogens (primary N) is 1.